The molecule has 0 fully saturated rings. The molecule has 0 aliphatic rings. The van der Waals surface area contributed by atoms with Crippen molar-refractivity contribution in [3.8, 4) is 0 Å². The third kappa shape index (κ3) is 5.42. The zero-order valence-electron chi connectivity index (χ0n) is 12.5. The van der Waals surface area contributed by atoms with Crippen LogP contribution in [0.2, 0.25) is 0 Å². The fraction of sp³-hybridized carbons (Fsp3) is 0.333. The summed E-state index contributed by atoms with van der Waals surface area (Å²) in [5.74, 6) is -4.11. The number of hydrogen-bond donors (Lipinski definition) is 3. The van der Waals surface area contributed by atoms with Gasteiger partial charge in [-0.25, -0.2) is 14.4 Å². The van der Waals surface area contributed by atoms with E-state index in [4.69, 9.17) is 14.9 Å². The lowest BCUT2D eigenvalue weighted by atomic mass is 10.1. The van der Waals surface area contributed by atoms with Crippen molar-refractivity contribution in [2.45, 2.75) is 19.8 Å². The maximum atomic E-state index is 11.1. The normalized spacial score (nSPS) is 9.96. The fourth-order valence-corrected chi connectivity index (χ4v) is 1.71. The highest BCUT2D eigenvalue weighted by Crippen LogP contribution is 2.16. The van der Waals surface area contributed by atoms with E-state index in [0.717, 1.165) is 0 Å². The molecule has 0 saturated carbocycles. The number of carbonyl (C=O) groups excluding carboxylic acids is 2. The number of esters is 1. The Morgan fingerprint density at radius 1 is 1.09 bits per heavy atom. The Balaban J connectivity index is 2.51. The molecule has 0 radical (unpaired) electrons. The van der Waals surface area contributed by atoms with Gasteiger partial charge < -0.3 is 20.3 Å². The molecule has 0 saturated heterocycles. The number of rotatable bonds is 9. The van der Waals surface area contributed by atoms with Crippen molar-refractivity contribution >= 4 is 29.4 Å². The number of carboxylic acids is 2. The summed E-state index contributed by atoms with van der Waals surface area (Å²) in [6, 6.07) is 3.87. The molecule has 0 aromatic heterocycles. The second kappa shape index (κ2) is 8.52. The summed E-state index contributed by atoms with van der Waals surface area (Å²) in [6.45, 7) is 1.97. The molecule has 0 aliphatic heterocycles. The fourth-order valence-electron chi connectivity index (χ4n) is 1.71. The van der Waals surface area contributed by atoms with Crippen LogP contribution in [0.4, 0.5) is 5.69 Å². The number of ether oxygens (including phenoxy) is 1. The number of carboxylic acid groups (broad SMARTS) is 2. The standard InChI is InChI=1S/C15H17NO7/c1-2-12(17)15(22)23-7-3-6-16-9-4-5-10(13(18)19)11(8-9)14(20)21/h4-5,8,16H,2-3,6-7H2,1H3,(H,18,19)(H,20,21). The molecule has 0 bridgehead atoms. The first-order chi connectivity index (χ1) is 10.9. The number of nitrogens with one attached hydrogen (secondary N) is 1. The van der Waals surface area contributed by atoms with Crippen molar-refractivity contribution in [2.75, 3.05) is 18.5 Å². The number of Topliss-reactive ketones (excluding diaryl/α,β-unsaturated/α-hetero) is 1. The van der Waals surface area contributed by atoms with Crippen LogP contribution in [-0.2, 0) is 14.3 Å². The molecule has 8 heteroatoms. The van der Waals surface area contributed by atoms with Gasteiger partial charge in [0.1, 0.15) is 0 Å². The predicted octanol–water partition coefficient (Wildman–Crippen LogP) is 1.41. The summed E-state index contributed by atoms with van der Waals surface area (Å²) in [7, 11) is 0. The third-order valence-corrected chi connectivity index (χ3v) is 2.91. The summed E-state index contributed by atoms with van der Waals surface area (Å²) in [5, 5.41) is 20.8. The zero-order chi connectivity index (χ0) is 17.4. The monoisotopic (exact) mass is 323 g/mol. The summed E-state index contributed by atoms with van der Waals surface area (Å²) >= 11 is 0. The van der Waals surface area contributed by atoms with Crippen LogP contribution in [0, 0.1) is 0 Å². The van der Waals surface area contributed by atoms with Crippen LogP contribution >= 0.6 is 0 Å². The van der Waals surface area contributed by atoms with Gasteiger partial charge in [0, 0.05) is 18.7 Å². The number of benzene rings is 1. The van der Waals surface area contributed by atoms with E-state index in [0.29, 0.717) is 18.7 Å². The molecule has 0 spiro atoms. The Morgan fingerprint density at radius 2 is 1.74 bits per heavy atom. The average Bonchev–Trinajstić information content (AvgIpc) is 2.52. The molecular weight excluding hydrogens is 306 g/mol. The lowest BCUT2D eigenvalue weighted by Gasteiger charge is -2.09. The largest absolute Gasteiger partial charge is 0.478 e. The molecule has 124 valence electrons. The van der Waals surface area contributed by atoms with Crippen LogP contribution < -0.4 is 5.32 Å². The second-order valence-corrected chi connectivity index (χ2v) is 4.56. The number of hydrogen-bond acceptors (Lipinski definition) is 6. The SMILES string of the molecule is CCC(=O)C(=O)OCCCNc1ccc(C(=O)O)c(C(=O)O)c1. The first-order valence-electron chi connectivity index (χ1n) is 6.91. The maximum absolute atomic E-state index is 11.1. The minimum atomic E-state index is -1.34. The second-order valence-electron chi connectivity index (χ2n) is 4.56. The van der Waals surface area contributed by atoms with Crippen LogP contribution in [0.25, 0.3) is 0 Å². The van der Waals surface area contributed by atoms with Gasteiger partial charge in [-0.2, -0.15) is 0 Å². The van der Waals surface area contributed by atoms with Crippen molar-refractivity contribution in [1.82, 2.24) is 0 Å². The van der Waals surface area contributed by atoms with Gasteiger partial charge in [0.05, 0.1) is 17.7 Å². The van der Waals surface area contributed by atoms with E-state index in [-0.39, 0.29) is 24.2 Å². The van der Waals surface area contributed by atoms with Crippen molar-refractivity contribution in [3.63, 3.8) is 0 Å². The molecule has 0 unspecified atom stereocenters. The van der Waals surface area contributed by atoms with Crippen LogP contribution in [0.3, 0.4) is 0 Å². The van der Waals surface area contributed by atoms with Gasteiger partial charge in [0.25, 0.3) is 0 Å². The quantitative estimate of drug-likeness (QED) is 0.353. The zero-order valence-corrected chi connectivity index (χ0v) is 12.5. The van der Waals surface area contributed by atoms with E-state index in [1.54, 1.807) is 6.92 Å². The Hall–Kier alpha value is -2.90. The molecule has 0 aliphatic carbocycles. The number of anilines is 1. The molecule has 0 atom stereocenters. The third-order valence-electron chi connectivity index (χ3n) is 2.91. The van der Waals surface area contributed by atoms with Gasteiger partial charge in [-0.3, -0.25) is 4.79 Å². The van der Waals surface area contributed by atoms with Crippen molar-refractivity contribution < 1.29 is 34.1 Å². The Labute approximate surface area is 132 Å². The number of aromatic carboxylic acids is 2. The highest BCUT2D eigenvalue weighted by atomic mass is 16.5. The van der Waals surface area contributed by atoms with E-state index >= 15 is 0 Å². The maximum Gasteiger partial charge on any atom is 0.374 e. The molecule has 1 rings (SSSR count). The lowest BCUT2D eigenvalue weighted by Crippen LogP contribution is -2.18. The topological polar surface area (TPSA) is 130 Å². The molecule has 1 aromatic carbocycles. The first kappa shape index (κ1) is 18.1. The number of ketones is 1. The molecule has 8 nitrogen and oxygen atoms in total. The van der Waals surface area contributed by atoms with E-state index in [1.807, 2.05) is 0 Å². The Morgan fingerprint density at radius 3 is 2.30 bits per heavy atom. The highest BCUT2D eigenvalue weighted by Gasteiger charge is 2.16. The average molecular weight is 323 g/mol. The first-order valence-corrected chi connectivity index (χ1v) is 6.91. The minimum Gasteiger partial charge on any atom is -0.478 e. The molecule has 1 aromatic rings. The van der Waals surface area contributed by atoms with Crippen LogP contribution in [-0.4, -0.2) is 47.1 Å². The molecule has 23 heavy (non-hydrogen) atoms. The summed E-state index contributed by atoms with van der Waals surface area (Å²) in [4.78, 5) is 44.1. The minimum absolute atomic E-state index is 0.0522. The van der Waals surface area contributed by atoms with Crippen molar-refractivity contribution in [1.29, 1.82) is 0 Å². The highest BCUT2D eigenvalue weighted by molar-refractivity contribution is 6.33. The Kier molecular flexibility index (Phi) is 6.72. The van der Waals surface area contributed by atoms with Gasteiger partial charge in [0.15, 0.2) is 0 Å². The summed E-state index contributed by atoms with van der Waals surface area (Å²) in [5.41, 5.74) is -0.180. The summed E-state index contributed by atoms with van der Waals surface area (Å²) < 4.78 is 4.74. The van der Waals surface area contributed by atoms with Crippen molar-refractivity contribution in [3.05, 3.63) is 29.3 Å². The van der Waals surface area contributed by atoms with E-state index in [9.17, 15) is 19.2 Å². The molecule has 0 amide bonds. The van der Waals surface area contributed by atoms with Crippen molar-refractivity contribution in [2.24, 2.45) is 0 Å². The van der Waals surface area contributed by atoms with Gasteiger partial charge in [-0.15, -0.1) is 0 Å². The van der Waals surface area contributed by atoms with Gasteiger partial charge >= 0.3 is 17.9 Å². The molecule has 3 N–H and O–H groups in total. The van der Waals surface area contributed by atoms with E-state index < -0.39 is 23.7 Å². The van der Waals surface area contributed by atoms with Crippen LogP contribution in [0.1, 0.15) is 40.5 Å². The Bertz CT molecular complexity index is 624. The van der Waals surface area contributed by atoms with Gasteiger partial charge in [-0.05, 0) is 24.6 Å². The van der Waals surface area contributed by atoms with Gasteiger partial charge in [0.2, 0.25) is 5.78 Å². The van der Waals surface area contributed by atoms with Gasteiger partial charge in [-0.1, -0.05) is 6.92 Å². The van der Waals surface area contributed by atoms with Crippen LogP contribution in [0.15, 0.2) is 18.2 Å². The molecule has 0 heterocycles. The van der Waals surface area contributed by atoms with Crippen LogP contribution in [0.5, 0.6) is 0 Å². The smallest absolute Gasteiger partial charge is 0.374 e. The lowest BCUT2D eigenvalue weighted by molar-refractivity contribution is -0.153. The predicted molar refractivity (Wildman–Crippen MR) is 79.7 cm³/mol. The van der Waals surface area contributed by atoms with E-state index in [1.165, 1.54) is 18.2 Å². The summed E-state index contributed by atoms with van der Waals surface area (Å²) in [6.07, 6.45) is 0.497. The molecular formula is C15H17NO7. The number of carbonyl (C=O) groups is 4. The van der Waals surface area contributed by atoms with E-state index in [2.05, 4.69) is 5.32 Å².